The number of hydrogen-bond acceptors (Lipinski definition) is 4. The molecular formula is C11H13NO4S. The van der Waals surface area contributed by atoms with Crippen molar-refractivity contribution >= 4 is 28.2 Å². The number of hydrogen-bond donors (Lipinski definition) is 2. The van der Waals surface area contributed by atoms with E-state index >= 15 is 0 Å². The van der Waals surface area contributed by atoms with Crippen LogP contribution in [-0.2, 0) is 9.53 Å². The van der Waals surface area contributed by atoms with E-state index in [1.54, 1.807) is 5.38 Å². The van der Waals surface area contributed by atoms with E-state index in [4.69, 9.17) is 9.84 Å². The van der Waals surface area contributed by atoms with E-state index in [0.29, 0.717) is 11.6 Å². The van der Waals surface area contributed by atoms with Crippen LogP contribution in [0, 0.1) is 0 Å². The fourth-order valence-electron chi connectivity index (χ4n) is 1.76. The maximum Gasteiger partial charge on any atom is 0.338 e. The van der Waals surface area contributed by atoms with E-state index in [-0.39, 0.29) is 24.0 Å². The summed E-state index contributed by atoms with van der Waals surface area (Å²) in [6.07, 6.45) is 2.14. The summed E-state index contributed by atoms with van der Waals surface area (Å²) in [5.41, 5.74) is 0.135. The van der Waals surface area contributed by atoms with Crippen LogP contribution < -0.4 is 5.32 Å². The summed E-state index contributed by atoms with van der Waals surface area (Å²) in [5, 5.41) is 13.5. The molecule has 1 unspecified atom stereocenters. The van der Waals surface area contributed by atoms with E-state index in [1.165, 1.54) is 17.4 Å². The average molecular weight is 255 g/mol. The topological polar surface area (TPSA) is 75.6 Å². The second kappa shape index (κ2) is 5.29. The van der Waals surface area contributed by atoms with Gasteiger partial charge >= 0.3 is 5.97 Å². The number of nitrogens with one attached hydrogen (secondary N) is 1. The Morgan fingerprint density at radius 3 is 3.06 bits per heavy atom. The molecule has 0 radical (unpaired) electrons. The monoisotopic (exact) mass is 255 g/mol. The fraction of sp³-hybridized carbons (Fsp3) is 0.455. The van der Waals surface area contributed by atoms with Crippen LogP contribution in [-0.4, -0.2) is 29.7 Å². The molecule has 0 aliphatic carbocycles. The van der Waals surface area contributed by atoms with Gasteiger partial charge in [-0.15, -0.1) is 11.3 Å². The van der Waals surface area contributed by atoms with Crippen LogP contribution in [0.25, 0.3) is 0 Å². The van der Waals surface area contributed by atoms with Gasteiger partial charge in [0, 0.05) is 6.61 Å². The molecule has 1 aliphatic heterocycles. The SMILES string of the molecule is O=C(CC1CCCO1)Nc1sccc1C(=O)O. The standard InChI is InChI=1S/C11H13NO4S/c13-9(6-7-2-1-4-16-7)12-10-8(11(14)15)3-5-17-10/h3,5,7H,1-2,4,6H2,(H,12,13)(H,14,15). The maximum atomic E-state index is 11.7. The summed E-state index contributed by atoms with van der Waals surface area (Å²) in [6.45, 7) is 0.706. The minimum Gasteiger partial charge on any atom is -0.478 e. The molecule has 2 rings (SSSR count). The van der Waals surface area contributed by atoms with Crippen LogP contribution in [0.3, 0.4) is 0 Å². The van der Waals surface area contributed by atoms with Crippen LogP contribution in [0.1, 0.15) is 29.6 Å². The Balaban J connectivity index is 1.93. The molecule has 1 fully saturated rings. The van der Waals surface area contributed by atoms with Crippen molar-refractivity contribution in [1.29, 1.82) is 0 Å². The number of anilines is 1. The van der Waals surface area contributed by atoms with Crippen molar-refractivity contribution in [3.05, 3.63) is 17.0 Å². The summed E-state index contributed by atoms with van der Waals surface area (Å²) >= 11 is 1.21. The molecule has 0 spiro atoms. The minimum atomic E-state index is -1.03. The molecule has 1 atom stereocenters. The Morgan fingerprint density at radius 2 is 2.41 bits per heavy atom. The first-order valence-corrected chi connectivity index (χ1v) is 6.27. The number of aromatic carboxylic acids is 1. The molecule has 1 aliphatic rings. The Hall–Kier alpha value is -1.40. The molecule has 17 heavy (non-hydrogen) atoms. The fourth-order valence-corrected chi connectivity index (χ4v) is 2.56. The average Bonchev–Trinajstić information content (AvgIpc) is 2.88. The van der Waals surface area contributed by atoms with Crippen molar-refractivity contribution in [3.8, 4) is 0 Å². The predicted octanol–water partition coefficient (Wildman–Crippen LogP) is 1.95. The quantitative estimate of drug-likeness (QED) is 0.862. The van der Waals surface area contributed by atoms with Crippen LogP contribution in [0.15, 0.2) is 11.4 Å². The van der Waals surface area contributed by atoms with Crippen molar-refractivity contribution in [2.24, 2.45) is 0 Å². The second-order valence-electron chi connectivity index (χ2n) is 3.86. The highest BCUT2D eigenvalue weighted by molar-refractivity contribution is 7.14. The van der Waals surface area contributed by atoms with Gasteiger partial charge in [0.2, 0.25) is 5.91 Å². The molecule has 1 aromatic heterocycles. The van der Waals surface area contributed by atoms with Gasteiger partial charge in [0.05, 0.1) is 18.1 Å². The number of carbonyl (C=O) groups excluding carboxylic acids is 1. The van der Waals surface area contributed by atoms with Gasteiger partial charge in [-0.3, -0.25) is 4.79 Å². The lowest BCUT2D eigenvalue weighted by atomic mass is 10.2. The second-order valence-corrected chi connectivity index (χ2v) is 4.77. The van der Waals surface area contributed by atoms with Gasteiger partial charge in [0.25, 0.3) is 0 Å². The minimum absolute atomic E-state index is 0.0248. The molecule has 2 N–H and O–H groups in total. The van der Waals surface area contributed by atoms with Crippen molar-refractivity contribution in [2.75, 3.05) is 11.9 Å². The number of ether oxygens (including phenoxy) is 1. The van der Waals surface area contributed by atoms with Gasteiger partial charge in [-0.05, 0) is 24.3 Å². The lowest BCUT2D eigenvalue weighted by Gasteiger charge is -2.09. The zero-order valence-electron chi connectivity index (χ0n) is 9.14. The third-order valence-electron chi connectivity index (χ3n) is 2.59. The van der Waals surface area contributed by atoms with Gasteiger partial charge in [0.15, 0.2) is 0 Å². The molecule has 6 heteroatoms. The van der Waals surface area contributed by atoms with Crippen LogP contribution in [0.2, 0.25) is 0 Å². The zero-order valence-corrected chi connectivity index (χ0v) is 9.96. The molecule has 5 nitrogen and oxygen atoms in total. The molecule has 2 heterocycles. The van der Waals surface area contributed by atoms with E-state index < -0.39 is 5.97 Å². The van der Waals surface area contributed by atoms with Gasteiger partial charge in [-0.1, -0.05) is 0 Å². The molecule has 1 saturated heterocycles. The molecule has 1 aromatic rings. The molecular weight excluding hydrogens is 242 g/mol. The highest BCUT2D eigenvalue weighted by atomic mass is 32.1. The first-order chi connectivity index (χ1) is 8.16. The summed E-state index contributed by atoms with van der Waals surface area (Å²) in [6, 6.07) is 1.48. The number of rotatable bonds is 4. The largest absolute Gasteiger partial charge is 0.478 e. The summed E-state index contributed by atoms with van der Waals surface area (Å²) in [5.74, 6) is -1.22. The number of amides is 1. The lowest BCUT2D eigenvalue weighted by Crippen LogP contribution is -2.19. The van der Waals surface area contributed by atoms with Crippen molar-refractivity contribution in [3.63, 3.8) is 0 Å². The number of carboxylic acids is 1. The van der Waals surface area contributed by atoms with Crippen LogP contribution in [0.4, 0.5) is 5.00 Å². The third-order valence-corrected chi connectivity index (χ3v) is 3.42. The summed E-state index contributed by atoms with van der Waals surface area (Å²) < 4.78 is 5.35. The first-order valence-electron chi connectivity index (χ1n) is 5.39. The zero-order chi connectivity index (χ0) is 12.3. The van der Waals surface area contributed by atoms with Crippen molar-refractivity contribution in [2.45, 2.75) is 25.4 Å². The van der Waals surface area contributed by atoms with Gasteiger partial charge in [-0.25, -0.2) is 4.79 Å². The van der Waals surface area contributed by atoms with Crippen LogP contribution >= 0.6 is 11.3 Å². The normalized spacial score (nSPS) is 19.2. The highest BCUT2D eigenvalue weighted by Crippen LogP contribution is 2.24. The maximum absolute atomic E-state index is 11.7. The molecule has 0 saturated carbocycles. The number of thiophene rings is 1. The number of carboxylic acid groups (broad SMARTS) is 1. The smallest absolute Gasteiger partial charge is 0.338 e. The van der Waals surface area contributed by atoms with E-state index in [1.807, 2.05) is 0 Å². The van der Waals surface area contributed by atoms with Gasteiger partial charge in [-0.2, -0.15) is 0 Å². The van der Waals surface area contributed by atoms with E-state index in [0.717, 1.165) is 12.8 Å². The number of carbonyl (C=O) groups is 2. The molecule has 0 aromatic carbocycles. The van der Waals surface area contributed by atoms with Gasteiger partial charge in [0.1, 0.15) is 5.00 Å². The predicted molar refractivity (Wildman–Crippen MR) is 63.5 cm³/mol. The van der Waals surface area contributed by atoms with E-state index in [2.05, 4.69) is 5.32 Å². The Bertz CT molecular complexity index is 423. The van der Waals surface area contributed by atoms with E-state index in [9.17, 15) is 9.59 Å². The van der Waals surface area contributed by atoms with Crippen molar-refractivity contribution < 1.29 is 19.4 Å². The summed E-state index contributed by atoms with van der Waals surface area (Å²) in [7, 11) is 0. The Morgan fingerprint density at radius 1 is 1.59 bits per heavy atom. The third kappa shape index (κ3) is 3.04. The molecule has 0 bridgehead atoms. The summed E-state index contributed by atoms with van der Waals surface area (Å²) in [4.78, 5) is 22.5. The Labute approximate surface area is 102 Å². The highest BCUT2D eigenvalue weighted by Gasteiger charge is 2.20. The van der Waals surface area contributed by atoms with Gasteiger partial charge < -0.3 is 15.2 Å². The first kappa shape index (κ1) is 12.1. The Kier molecular flexibility index (Phi) is 3.75. The van der Waals surface area contributed by atoms with Crippen LogP contribution in [0.5, 0.6) is 0 Å². The molecule has 92 valence electrons. The lowest BCUT2D eigenvalue weighted by molar-refractivity contribution is -0.118. The molecule has 1 amide bonds. The van der Waals surface area contributed by atoms with Crippen molar-refractivity contribution in [1.82, 2.24) is 0 Å².